The molecule has 0 spiro atoms. The third-order valence-corrected chi connectivity index (χ3v) is 10.1. The Hall–Kier alpha value is -7.28. The van der Waals surface area contributed by atoms with Crippen molar-refractivity contribution in [2.45, 2.75) is 45.4 Å². The molecule has 0 aromatic carbocycles. The molecule has 352 valence electrons. The zero-order valence-electron chi connectivity index (χ0n) is 35.2. The van der Waals surface area contributed by atoms with Crippen LogP contribution in [-0.4, -0.2) is 158 Å². The quantitative estimate of drug-likeness (QED) is 0.0309. The molecule has 0 aliphatic heterocycles. The second-order valence-corrected chi connectivity index (χ2v) is 14.4. The van der Waals surface area contributed by atoms with E-state index in [1.165, 1.54) is 58.9 Å². The van der Waals surface area contributed by atoms with Gasteiger partial charge in [-0.2, -0.15) is 0 Å². The van der Waals surface area contributed by atoms with E-state index in [0.717, 1.165) is 18.3 Å². The minimum absolute atomic E-state index is 0.00309. The first-order chi connectivity index (χ1) is 31.1. The highest BCUT2D eigenvalue weighted by Crippen LogP contribution is 2.18. The summed E-state index contributed by atoms with van der Waals surface area (Å²) in [6, 6.07) is 4.73. The number of amides is 4. The Bertz CT molecular complexity index is 2410. The third kappa shape index (κ3) is 12.5. The SMILES string of the molecule is O=C(NCCCN(CCCN(CCCNC(=O)c1ccn(CCO)c(=O)c1O)C(=O)c1ccn(CCO)c(=O)c1O)C(=O)c1ccn(CCO)c(=O)c1O)c1ccn(CCO)c(=O)c1O. The monoisotopic (exact) mass is 912 g/mol. The van der Waals surface area contributed by atoms with Crippen LogP contribution in [0.5, 0.6) is 23.0 Å². The van der Waals surface area contributed by atoms with Crippen molar-refractivity contribution in [3.8, 4) is 23.0 Å². The molecule has 24 nitrogen and oxygen atoms in total. The van der Waals surface area contributed by atoms with Crippen LogP contribution in [0.3, 0.4) is 0 Å². The van der Waals surface area contributed by atoms with Gasteiger partial charge in [-0.1, -0.05) is 0 Å². The summed E-state index contributed by atoms with van der Waals surface area (Å²) in [5.74, 6) is -6.79. The highest BCUT2D eigenvalue weighted by atomic mass is 16.3. The number of carbonyl (C=O) groups excluding carboxylic acids is 4. The molecule has 0 saturated carbocycles. The Morgan fingerprint density at radius 3 is 0.985 bits per heavy atom. The van der Waals surface area contributed by atoms with Crippen molar-refractivity contribution in [3.63, 3.8) is 0 Å². The summed E-state index contributed by atoms with van der Waals surface area (Å²) in [5, 5.41) is 84.0. The van der Waals surface area contributed by atoms with E-state index in [1.54, 1.807) is 0 Å². The van der Waals surface area contributed by atoms with Gasteiger partial charge in [0.05, 0.1) is 48.7 Å². The van der Waals surface area contributed by atoms with Crippen LogP contribution in [0, 0.1) is 0 Å². The van der Waals surface area contributed by atoms with E-state index in [0.29, 0.717) is 0 Å². The highest BCUT2D eigenvalue weighted by Gasteiger charge is 2.25. The van der Waals surface area contributed by atoms with Crippen LogP contribution >= 0.6 is 0 Å². The van der Waals surface area contributed by atoms with Gasteiger partial charge in [0.15, 0.2) is 23.0 Å². The number of nitrogens with zero attached hydrogens (tertiary/aromatic N) is 6. The van der Waals surface area contributed by atoms with E-state index in [1.807, 2.05) is 0 Å². The molecule has 4 aromatic heterocycles. The Morgan fingerprint density at radius 2 is 0.692 bits per heavy atom. The van der Waals surface area contributed by atoms with Crippen molar-refractivity contribution in [2.75, 3.05) is 65.7 Å². The predicted molar refractivity (Wildman–Crippen MR) is 228 cm³/mol. The van der Waals surface area contributed by atoms with E-state index in [2.05, 4.69) is 10.6 Å². The first-order valence-corrected chi connectivity index (χ1v) is 20.4. The molecule has 0 bridgehead atoms. The number of hydrogen-bond acceptors (Lipinski definition) is 16. The molecule has 4 heterocycles. The summed E-state index contributed by atoms with van der Waals surface area (Å²) < 4.78 is 4.00. The second kappa shape index (κ2) is 24.0. The van der Waals surface area contributed by atoms with Gasteiger partial charge in [0.25, 0.3) is 45.9 Å². The Morgan fingerprint density at radius 1 is 0.431 bits per heavy atom. The molecule has 4 aromatic rings. The normalized spacial score (nSPS) is 11.0. The van der Waals surface area contributed by atoms with Crippen molar-refractivity contribution in [1.29, 1.82) is 0 Å². The molecule has 0 fully saturated rings. The van der Waals surface area contributed by atoms with Gasteiger partial charge in [0, 0.05) is 90.2 Å². The van der Waals surface area contributed by atoms with Crippen molar-refractivity contribution in [3.05, 3.63) is 113 Å². The van der Waals surface area contributed by atoms with E-state index in [4.69, 9.17) is 10.2 Å². The molecule has 24 heteroatoms. The Kier molecular flexibility index (Phi) is 18.6. The number of aliphatic hydroxyl groups is 4. The number of aromatic hydroxyl groups is 4. The fourth-order valence-electron chi connectivity index (χ4n) is 6.65. The topological polar surface area (TPSA) is 349 Å². The van der Waals surface area contributed by atoms with E-state index in [9.17, 15) is 69.0 Å². The van der Waals surface area contributed by atoms with E-state index in [-0.39, 0.29) is 109 Å². The average Bonchev–Trinajstić information content (AvgIpc) is 3.28. The predicted octanol–water partition coefficient (Wildman–Crippen LogP) is -3.26. The van der Waals surface area contributed by atoms with Crippen molar-refractivity contribution in [2.24, 2.45) is 0 Å². The van der Waals surface area contributed by atoms with Crippen molar-refractivity contribution >= 4 is 23.6 Å². The third-order valence-electron chi connectivity index (χ3n) is 10.1. The van der Waals surface area contributed by atoms with Crippen LogP contribution in [0.4, 0.5) is 0 Å². The first-order valence-electron chi connectivity index (χ1n) is 20.4. The minimum Gasteiger partial charge on any atom is -0.502 e. The highest BCUT2D eigenvalue weighted by molar-refractivity contribution is 5.98. The fourth-order valence-corrected chi connectivity index (χ4v) is 6.65. The fraction of sp³-hybridized carbons (Fsp3) is 0.415. The lowest BCUT2D eigenvalue weighted by Crippen LogP contribution is -2.40. The minimum atomic E-state index is -0.955. The number of carbonyl (C=O) groups is 4. The molecule has 4 rings (SSSR count). The summed E-state index contributed by atoms with van der Waals surface area (Å²) in [4.78, 5) is 106. The summed E-state index contributed by atoms with van der Waals surface area (Å²) in [6.45, 7) is -2.98. The molecule has 4 amide bonds. The molecule has 0 aliphatic carbocycles. The van der Waals surface area contributed by atoms with Gasteiger partial charge in [-0.3, -0.25) is 38.4 Å². The summed E-state index contributed by atoms with van der Waals surface area (Å²) in [5.41, 5.74) is -5.18. The molecule has 0 saturated heterocycles. The first kappa shape index (κ1) is 50.4. The van der Waals surface area contributed by atoms with Crippen LogP contribution < -0.4 is 32.9 Å². The van der Waals surface area contributed by atoms with Gasteiger partial charge in [0.2, 0.25) is 0 Å². The molecule has 0 atom stereocenters. The maximum Gasteiger partial charge on any atom is 0.293 e. The average molecular weight is 913 g/mol. The van der Waals surface area contributed by atoms with Crippen molar-refractivity contribution in [1.82, 2.24) is 38.7 Å². The molecule has 0 radical (unpaired) electrons. The zero-order chi connectivity index (χ0) is 47.8. The van der Waals surface area contributed by atoms with Gasteiger partial charge in [-0.15, -0.1) is 0 Å². The number of rotatable bonds is 24. The molecule has 0 unspecified atom stereocenters. The van der Waals surface area contributed by atoms with Crippen LogP contribution in [0.1, 0.15) is 60.7 Å². The summed E-state index contributed by atoms with van der Waals surface area (Å²) in [6.07, 6.45) is 4.95. The molecule has 65 heavy (non-hydrogen) atoms. The van der Waals surface area contributed by atoms with Gasteiger partial charge < -0.3 is 79.6 Å². The Balaban J connectivity index is 1.54. The second-order valence-electron chi connectivity index (χ2n) is 14.4. The maximum atomic E-state index is 13.9. The smallest absolute Gasteiger partial charge is 0.293 e. The van der Waals surface area contributed by atoms with Gasteiger partial charge in [-0.25, -0.2) is 0 Å². The number of aromatic nitrogens is 4. The number of pyridine rings is 4. The lowest BCUT2D eigenvalue weighted by Gasteiger charge is -2.27. The van der Waals surface area contributed by atoms with Crippen LogP contribution in [0.15, 0.2) is 68.2 Å². The zero-order valence-corrected chi connectivity index (χ0v) is 35.2. The molecule has 10 N–H and O–H groups in total. The maximum absolute atomic E-state index is 13.9. The summed E-state index contributed by atoms with van der Waals surface area (Å²) in [7, 11) is 0. The number of hydrogen-bond donors (Lipinski definition) is 10. The number of aliphatic hydroxyl groups excluding tert-OH is 4. The molecule has 0 aliphatic rings. The Labute approximate surface area is 368 Å². The lowest BCUT2D eigenvalue weighted by molar-refractivity contribution is 0.0711. The van der Waals surface area contributed by atoms with Gasteiger partial charge in [-0.05, 0) is 43.5 Å². The summed E-state index contributed by atoms with van der Waals surface area (Å²) >= 11 is 0. The van der Waals surface area contributed by atoms with Gasteiger partial charge >= 0.3 is 0 Å². The van der Waals surface area contributed by atoms with Crippen molar-refractivity contribution < 1.29 is 60.0 Å². The van der Waals surface area contributed by atoms with Crippen LogP contribution in [0.25, 0.3) is 0 Å². The largest absolute Gasteiger partial charge is 0.502 e. The number of nitrogens with one attached hydrogen (secondary N) is 2. The van der Waals surface area contributed by atoms with E-state index >= 15 is 0 Å². The molecular weight excluding hydrogens is 860 g/mol. The van der Waals surface area contributed by atoms with E-state index < -0.39 is 93.2 Å². The lowest BCUT2D eigenvalue weighted by atomic mass is 10.1. The van der Waals surface area contributed by atoms with Crippen LogP contribution in [-0.2, 0) is 26.2 Å². The standard InChI is InChI=1S/C41H52N8O16/c50-22-18-46-14-4-26(30(54)38(46)62)34(58)42-8-1-10-44(36(60)28-6-16-48(20-24-52)40(64)32(28)56)12-3-13-45(37(61)29-7-17-49(21-25-53)41(65)33(29)57)11-2-9-43-35(59)27-5-15-47(19-23-51)39(63)31(27)55/h4-7,14-17,50-57H,1-3,8-13,18-25H2,(H,42,58)(H,43,59). The van der Waals surface area contributed by atoms with Crippen LogP contribution in [0.2, 0.25) is 0 Å². The molecular formula is C41H52N8O16. The van der Waals surface area contributed by atoms with Gasteiger partial charge in [0.1, 0.15) is 0 Å².